The Hall–Kier alpha value is -2.72. The van der Waals surface area contributed by atoms with Gasteiger partial charge in [0.2, 0.25) is 0 Å². The first-order valence-corrected chi connectivity index (χ1v) is 13.0. The molecule has 0 fully saturated rings. The Bertz CT molecular complexity index is 1150. The molecule has 0 aliphatic carbocycles. The third-order valence-corrected chi connectivity index (χ3v) is 6.03. The van der Waals surface area contributed by atoms with Crippen LogP contribution in [0.3, 0.4) is 0 Å². The van der Waals surface area contributed by atoms with E-state index in [9.17, 15) is 19.2 Å². The van der Waals surface area contributed by atoms with Crippen LogP contribution in [0.15, 0.2) is 45.3 Å². The maximum atomic E-state index is 12.0. The lowest BCUT2D eigenvalue weighted by molar-refractivity contribution is 0.0598. The van der Waals surface area contributed by atoms with Gasteiger partial charge in [0, 0.05) is 33.2 Å². The van der Waals surface area contributed by atoms with Gasteiger partial charge >= 0.3 is 11.9 Å². The van der Waals surface area contributed by atoms with Gasteiger partial charge in [-0.2, -0.15) is 0 Å². The number of carboxylic acid groups (broad SMARTS) is 1. The molecule has 10 heteroatoms. The van der Waals surface area contributed by atoms with Crippen LogP contribution in [-0.2, 0) is 4.74 Å². The topological polar surface area (TPSA) is 122 Å². The van der Waals surface area contributed by atoms with Crippen molar-refractivity contribution in [3.63, 3.8) is 0 Å². The summed E-state index contributed by atoms with van der Waals surface area (Å²) in [5.74, 6) is -2.00. The molecule has 0 atom stereocenters. The van der Waals surface area contributed by atoms with E-state index < -0.39 is 11.9 Å². The van der Waals surface area contributed by atoms with Crippen molar-refractivity contribution in [2.45, 2.75) is 41.5 Å². The summed E-state index contributed by atoms with van der Waals surface area (Å²) < 4.78 is 5.73. The zero-order valence-corrected chi connectivity index (χ0v) is 25.3. The fraction of sp³-hybridized carbons (Fsp3) is 0.407. The Balaban J connectivity index is 0.000000371. The minimum atomic E-state index is -1.06. The molecule has 2 amide bonds. The number of carboxylic acids is 1. The molecule has 0 unspecified atom stereocenters. The van der Waals surface area contributed by atoms with E-state index in [-0.39, 0.29) is 28.2 Å². The summed E-state index contributed by atoms with van der Waals surface area (Å²) >= 11 is 6.40. The summed E-state index contributed by atoms with van der Waals surface area (Å²) in [6.45, 7) is 13.2. The summed E-state index contributed by atoms with van der Waals surface area (Å²) in [5.41, 5.74) is 1.20. The monoisotopic (exact) mass is 640 g/mol. The second-order valence-electron chi connectivity index (χ2n) is 10.7. The number of nitrogens with one attached hydrogen (secondary N) is 2. The number of aromatic carboxylic acids is 1. The van der Waals surface area contributed by atoms with E-state index in [0.29, 0.717) is 38.7 Å². The summed E-state index contributed by atoms with van der Waals surface area (Å²) in [4.78, 5) is 46.3. The van der Waals surface area contributed by atoms with Crippen LogP contribution < -0.4 is 10.6 Å². The molecule has 202 valence electrons. The number of carbonyl (C=O) groups excluding carboxylic acids is 3. The van der Waals surface area contributed by atoms with Crippen LogP contribution in [-0.4, -0.2) is 49.1 Å². The summed E-state index contributed by atoms with van der Waals surface area (Å²) in [7, 11) is 1.31. The highest BCUT2D eigenvalue weighted by Gasteiger charge is 2.17. The lowest BCUT2D eigenvalue weighted by atomic mass is 9.97. The zero-order chi connectivity index (χ0) is 28.6. The van der Waals surface area contributed by atoms with Gasteiger partial charge in [-0.25, -0.2) is 9.59 Å². The SMILES string of the molecule is CC(C)(C)CNC(=O)c1ccc(Br)c(C(=O)O)c1.COC(=O)c1cc(C(=O)NCC(C)(C)C)ccc1Br. The van der Waals surface area contributed by atoms with Gasteiger partial charge in [-0.05, 0) is 79.1 Å². The van der Waals surface area contributed by atoms with Crippen molar-refractivity contribution < 1.29 is 29.0 Å². The third kappa shape index (κ3) is 11.5. The molecule has 0 aromatic heterocycles. The maximum Gasteiger partial charge on any atom is 0.339 e. The van der Waals surface area contributed by atoms with Crippen molar-refractivity contribution in [1.29, 1.82) is 0 Å². The Kier molecular flexibility index (Phi) is 12.0. The van der Waals surface area contributed by atoms with Crippen molar-refractivity contribution in [2.75, 3.05) is 20.2 Å². The minimum absolute atomic E-state index is 0.0101. The van der Waals surface area contributed by atoms with E-state index in [4.69, 9.17) is 5.11 Å². The van der Waals surface area contributed by atoms with Crippen molar-refractivity contribution in [1.82, 2.24) is 10.6 Å². The molecule has 0 saturated carbocycles. The van der Waals surface area contributed by atoms with E-state index in [2.05, 4.69) is 47.2 Å². The van der Waals surface area contributed by atoms with Gasteiger partial charge in [-0.1, -0.05) is 41.5 Å². The Morgan fingerprint density at radius 1 is 0.757 bits per heavy atom. The number of halogens is 2. The van der Waals surface area contributed by atoms with E-state index in [0.717, 1.165) is 0 Å². The standard InChI is InChI=1S/C14H18BrNO3.C13H16BrNO3/c1-14(2,3)8-16-12(17)9-5-6-11(15)10(7-9)13(18)19-4;1-13(2,3)7-15-11(16)8-4-5-10(14)9(6-8)12(17)18/h5-7H,8H2,1-4H3,(H,16,17);4-6H,7H2,1-3H3,(H,15,16)(H,17,18). The summed E-state index contributed by atoms with van der Waals surface area (Å²) in [5, 5.41) is 14.6. The third-order valence-electron chi connectivity index (χ3n) is 4.65. The van der Waals surface area contributed by atoms with Gasteiger partial charge in [-0.3, -0.25) is 9.59 Å². The molecule has 0 heterocycles. The van der Waals surface area contributed by atoms with Gasteiger partial charge in [0.1, 0.15) is 0 Å². The fourth-order valence-corrected chi connectivity index (χ4v) is 3.48. The predicted octanol–water partition coefficient (Wildman–Crippen LogP) is 5.93. The molecule has 37 heavy (non-hydrogen) atoms. The zero-order valence-electron chi connectivity index (χ0n) is 22.1. The van der Waals surface area contributed by atoms with Crippen LogP contribution in [0.1, 0.15) is 83.0 Å². The van der Waals surface area contributed by atoms with E-state index in [1.807, 2.05) is 41.5 Å². The average Bonchev–Trinajstić information content (AvgIpc) is 2.80. The number of esters is 1. The molecule has 2 rings (SSSR count). The lowest BCUT2D eigenvalue weighted by Gasteiger charge is -2.18. The van der Waals surface area contributed by atoms with Gasteiger partial charge in [0.15, 0.2) is 0 Å². The molecule has 0 aliphatic heterocycles. The Morgan fingerprint density at radius 2 is 1.14 bits per heavy atom. The van der Waals surface area contributed by atoms with Crippen molar-refractivity contribution in [2.24, 2.45) is 10.8 Å². The fourth-order valence-electron chi connectivity index (χ4n) is 2.66. The average molecular weight is 642 g/mol. The normalized spacial score (nSPS) is 11.1. The lowest BCUT2D eigenvalue weighted by Crippen LogP contribution is -2.32. The Labute approximate surface area is 234 Å². The molecular formula is C27H34Br2N2O6. The van der Waals surface area contributed by atoms with Crippen LogP contribution in [0.5, 0.6) is 0 Å². The maximum absolute atomic E-state index is 12.0. The molecule has 0 spiro atoms. The van der Waals surface area contributed by atoms with Crippen LogP contribution in [0, 0.1) is 10.8 Å². The highest BCUT2D eigenvalue weighted by Crippen LogP contribution is 2.20. The summed E-state index contributed by atoms with van der Waals surface area (Å²) in [6.07, 6.45) is 0. The number of hydrogen-bond donors (Lipinski definition) is 3. The molecule has 0 saturated heterocycles. The number of hydrogen-bond acceptors (Lipinski definition) is 5. The van der Waals surface area contributed by atoms with Crippen molar-refractivity contribution in [3.05, 3.63) is 67.6 Å². The molecule has 0 bridgehead atoms. The molecular weight excluding hydrogens is 608 g/mol. The second kappa shape index (κ2) is 13.7. The minimum Gasteiger partial charge on any atom is -0.478 e. The molecule has 2 aromatic rings. The molecule has 0 radical (unpaired) electrons. The van der Waals surface area contributed by atoms with Gasteiger partial charge in [0.05, 0.1) is 18.2 Å². The molecule has 2 aromatic carbocycles. The number of rotatable bonds is 6. The Morgan fingerprint density at radius 3 is 1.49 bits per heavy atom. The molecule has 8 nitrogen and oxygen atoms in total. The van der Waals surface area contributed by atoms with Crippen LogP contribution in [0.2, 0.25) is 0 Å². The van der Waals surface area contributed by atoms with Gasteiger partial charge < -0.3 is 20.5 Å². The highest BCUT2D eigenvalue weighted by atomic mass is 79.9. The van der Waals surface area contributed by atoms with E-state index in [1.165, 1.54) is 19.2 Å². The largest absolute Gasteiger partial charge is 0.478 e. The quantitative estimate of drug-likeness (QED) is 0.336. The van der Waals surface area contributed by atoms with Crippen LogP contribution in [0.25, 0.3) is 0 Å². The molecule has 0 aliphatic rings. The first-order valence-electron chi connectivity index (χ1n) is 11.4. The number of benzene rings is 2. The number of carbonyl (C=O) groups is 4. The highest BCUT2D eigenvalue weighted by molar-refractivity contribution is 9.10. The van der Waals surface area contributed by atoms with Crippen molar-refractivity contribution >= 4 is 55.6 Å². The number of ether oxygens (including phenoxy) is 1. The van der Waals surface area contributed by atoms with Crippen LogP contribution in [0.4, 0.5) is 0 Å². The van der Waals surface area contributed by atoms with Crippen molar-refractivity contribution in [3.8, 4) is 0 Å². The number of amides is 2. The predicted molar refractivity (Wildman–Crippen MR) is 150 cm³/mol. The summed E-state index contributed by atoms with van der Waals surface area (Å²) in [6, 6.07) is 9.37. The second-order valence-corrected chi connectivity index (χ2v) is 12.4. The van der Waals surface area contributed by atoms with Gasteiger partial charge in [0.25, 0.3) is 11.8 Å². The molecule has 3 N–H and O–H groups in total. The van der Waals surface area contributed by atoms with Crippen LogP contribution >= 0.6 is 31.9 Å². The first kappa shape index (κ1) is 32.3. The number of methoxy groups -OCH3 is 1. The smallest absolute Gasteiger partial charge is 0.339 e. The first-order chi connectivity index (χ1) is 16.9. The van der Waals surface area contributed by atoms with E-state index in [1.54, 1.807) is 24.3 Å². The van der Waals surface area contributed by atoms with Gasteiger partial charge in [-0.15, -0.1) is 0 Å². The van der Waals surface area contributed by atoms with E-state index >= 15 is 0 Å².